The molecule has 2 atom stereocenters. The first-order valence-corrected chi connectivity index (χ1v) is 12.4. The van der Waals surface area contributed by atoms with Crippen molar-refractivity contribution in [2.45, 2.75) is 19.0 Å². The Labute approximate surface area is 189 Å². The molecular weight excluding hydrogens is 415 g/mol. The molecular formula is C28H27O3P. The summed E-state index contributed by atoms with van der Waals surface area (Å²) in [6, 6.07) is 28.9. The van der Waals surface area contributed by atoms with Gasteiger partial charge in [0.2, 0.25) is 0 Å². The molecule has 0 fully saturated rings. The zero-order valence-electron chi connectivity index (χ0n) is 18.6. The second kappa shape index (κ2) is 8.86. The van der Waals surface area contributed by atoms with Crippen LogP contribution in [-0.4, -0.2) is 12.9 Å². The Morgan fingerprint density at radius 2 is 1.31 bits per heavy atom. The van der Waals surface area contributed by atoms with Gasteiger partial charge in [0, 0.05) is 18.3 Å². The van der Waals surface area contributed by atoms with Crippen LogP contribution >= 0.6 is 7.37 Å². The van der Waals surface area contributed by atoms with Crippen LogP contribution in [0.2, 0.25) is 0 Å². The van der Waals surface area contributed by atoms with Crippen LogP contribution in [0.15, 0.2) is 103 Å². The maximum atomic E-state index is 15.0. The monoisotopic (exact) mass is 442 g/mol. The van der Waals surface area contributed by atoms with Crippen molar-refractivity contribution in [1.29, 1.82) is 0 Å². The highest BCUT2D eigenvalue weighted by molar-refractivity contribution is 7.72. The molecule has 0 bridgehead atoms. The molecule has 0 radical (unpaired) electrons. The average molecular weight is 442 g/mol. The highest BCUT2D eigenvalue weighted by atomic mass is 31.2. The second-order valence-corrected chi connectivity index (χ2v) is 10.9. The van der Waals surface area contributed by atoms with Crippen molar-refractivity contribution >= 4 is 24.0 Å². The van der Waals surface area contributed by atoms with Gasteiger partial charge in [0.1, 0.15) is 0 Å². The number of carbonyl (C=O) groups is 1. The molecule has 0 saturated heterocycles. The van der Waals surface area contributed by atoms with E-state index in [0.717, 1.165) is 16.7 Å². The molecule has 32 heavy (non-hydrogen) atoms. The number of ketones is 1. The molecule has 1 aliphatic rings. The maximum absolute atomic E-state index is 15.0. The molecule has 0 amide bonds. The predicted octanol–water partition coefficient (Wildman–Crippen LogP) is 7.17. The third kappa shape index (κ3) is 3.52. The number of benzene rings is 3. The molecule has 0 N–H and O–H groups in total. The minimum Gasteiger partial charge on any atom is -0.327 e. The van der Waals surface area contributed by atoms with Crippen LogP contribution in [0.1, 0.15) is 30.5 Å². The summed E-state index contributed by atoms with van der Waals surface area (Å²) in [7, 11) is -2.27. The lowest BCUT2D eigenvalue weighted by Gasteiger charge is -2.41. The lowest BCUT2D eigenvalue weighted by atomic mass is 9.84. The molecule has 162 valence electrons. The van der Waals surface area contributed by atoms with Crippen LogP contribution in [0, 0.1) is 5.92 Å². The van der Waals surface area contributed by atoms with Crippen molar-refractivity contribution in [3.05, 3.63) is 120 Å². The molecule has 3 nitrogen and oxygen atoms in total. The summed E-state index contributed by atoms with van der Waals surface area (Å²) in [5, 5.41) is -0.873. The topological polar surface area (TPSA) is 43.4 Å². The van der Waals surface area contributed by atoms with Gasteiger partial charge < -0.3 is 4.52 Å². The number of hydrogen-bond acceptors (Lipinski definition) is 3. The average Bonchev–Trinajstić information content (AvgIpc) is 2.85. The summed E-state index contributed by atoms with van der Waals surface area (Å²) in [5.74, 6) is -0.467. The van der Waals surface area contributed by atoms with E-state index in [-0.39, 0.29) is 11.7 Å². The van der Waals surface area contributed by atoms with Gasteiger partial charge in [-0.15, -0.1) is 0 Å². The Morgan fingerprint density at radius 1 is 0.812 bits per heavy atom. The maximum Gasteiger partial charge on any atom is 0.253 e. The van der Waals surface area contributed by atoms with Crippen molar-refractivity contribution in [2.24, 2.45) is 5.92 Å². The second-order valence-electron chi connectivity index (χ2n) is 8.25. The number of rotatable bonds is 6. The molecule has 1 aliphatic heterocycles. The largest absolute Gasteiger partial charge is 0.327 e. The Balaban J connectivity index is 2.13. The first-order chi connectivity index (χ1) is 15.4. The summed E-state index contributed by atoms with van der Waals surface area (Å²) in [6.45, 7) is 3.70. The van der Waals surface area contributed by atoms with Gasteiger partial charge in [-0.2, -0.15) is 0 Å². The summed E-state index contributed by atoms with van der Waals surface area (Å²) >= 11 is 0. The third-order valence-electron chi connectivity index (χ3n) is 5.99. The van der Waals surface area contributed by atoms with Crippen LogP contribution in [0.25, 0.3) is 10.9 Å². The molecule has 4 rings (SSSR count). The lowest BCUT2D eigenvalue weighted by molar-refractivity contribution is -0.123. The summed E-state index contributed by atoms with van der Waals surface area (Å²) in [4.78, 5) is 14.0. The van der Waals surface area contributed by atoms with Crippen LogP contribution < -0.4 is 0 Å². The van der Waals surface area contributed by atoms with Crippen LogP contribution in [0.3, 0.4) is 0 Å². The van der Waals surface area contributed by atoms with Crippen molar-refractivity contribution in [1.82, 2.24) is 0 Å². The van der Waals surface area contributed by atoms with E-state index < -0.39 is 12.5 Å². The highest BCUT2D eigenvalue weighted by Gasteiger charge is 2.58. The number of hydrogen-bond donors (Lipinski definition) is 0. The van der Waals surface area contributed by atoms with Gasteiger partial charge in [-0.25, -0.2) is 0 Å². The Kier molecular flexibility index (Phi) is 6.15. The SMILES string of the molecule is CO[P@@]1(=O)C(c2ccccc2)=CC(c2ccccc2)=C[C@@]1(C(=O)C(C)C)c1ccccc1. The van der Waals surface area contributed by atoms with Crippen molar-refractivity contribution in [3.8, 4) is 0 Å². The third-order valence-corrected chi connectivity index (χ3v) is 9.06. The molecule has 3 aromatic rings. The first-order valence-electron chi connectivity index (χ1n) is 10.8. The summed E-state index contributed by atoms with van der Waals surface area (Å²) < 4.78 is 20.8. The smallest absolute Gasteiger partial charge is 0.253 e. The fourth-order valence-corrected chi connectivity index (χ4v) is 7.43. The lowest BCUT2D eigenvalue weighted by Crippen LogP contribution is -2.39. The summed E-state index contributed by atoms with van der Waals surface area (Å²) in [5.41, 5.74) is 3.28. The van der Waals surface area contributed by atoms with E-state index in [4.69, 9.17) is 4.52 Å². The van der Waals surface area contributed by atoms with Crippen molar-refractivity contribution in [2.75, 3.05) is 7.11 Å². The summed E-state index contributed by atoms with van der Waals surface area (Å²) in [6.07, 6.45) is 3.79. The van der Waals surface area contributed by atoms with E-state index in [1.54, 1.807) is 0 Å². The standard InChI is InChI=1S/C28H27O3P/c1-21(2)27(29)28(25-17-11-6-12-18-25)20-24(22-13-7-4-8-14-22)19-26(32(28,30)31-3)23-15-9-5-10-16-23/h4-21H,1-3H3/t28-,32-/m0/s1. The first kappa shape index (κ1) is 22.2. The van der Waals surface area contributed by atoms with Gasteiger partial charge in [-0.05, 0) is 34.4 Å². The number of allylic oxidation sites excluding steroid dienone is 3. The van der Waals surface area contributed by atoms with E-state index in [2.05, 4.69) is 0 Å². The fourth-order valence-electron chi connectivity index (χ4n) is 4.42. The van der Waals surface area contributed by atoms with E-state index in [1.807, 2.05) is 117 Å². The fraction of sp³-hybridized carbons (Fsp3) is 0.179. The minimum absolute atomic E-state index is 0.121. The molecule has 0 saturated carbocycles. The van der Waals surface area contributed by atoms with Gasteiger partial charge in [-0.1, -0.05) is 105 Å². The molecule has 0 aromatic heterocycles. The van der Waals surface area contributed by atoms with Crippen molar-refractivity contribution < 1.29 is 13.9 Å². The number of carbonyl (C=O) groups excluding carboxylic acids is 1. The zero-order chi connectivity index (χ0) is 22.8. The molecule has 1 heterocycles. The molecule has 0 aliphatic carbocycles. The highest BCUT2D eigenvalue weighted by Crippen LogP contribution is 2.75. The normalized spacial score (nSPS) is 22.9. The van der Waals surface area contributed by atoms with E-state index in [1.165, 1.54) is 7.11 Å². The molecule has 0 spiro atoms. The van der Waals surface area contributed by atoms with Crippen LogP contribution in [0.5, 0.6) is 0 Å². The van der Waals surface area contributed by atoms with E-state index in [9.17, 15) is 9.36 Å². The van der Waals surface area contributed by atoms with Gasteiger partial charge >= 0.3 is 0 Å². The molecule has 4 heteroatoms. The van der Waals surface area contributed by atoms with Crippen LogP contribution in [-0.2, 0) is 19.0 Å². The van der Waals surface area contributed by atoms with Gasteiger partial charge in [0.15, 0.2) is 10.9 Å². The van der Waals surface area contributed by atoms with Gasteiger partial charge in [-0.3, -0.25) is 9.36 Å². The quantitative estimate of drug-likeness (QED) is 0.380. The Bertz CT molecular complexity index is 1210. The van der Waals surface area contributed by atoms with Gasteiger partial charge in [0.25, 0.3) is 7.37 Å². The molecule has 0 unspecified atom stereocenters. The Morgan fingerprint density at radius 3 is 1.81 bits per heavy atom. The van der Waals surface area contributed by atoms with Crippen LogP contribution in [0.4, 0.5) is 0 Å². The number of Topliss-reactive ketones (excluding diaryl/α,β-unsaturated/α-hetero) is 1. The van der Waals surface area contributed by atoms with Gasteiger partial charge in [0.05, 0.1) is 0 Å². The Hall–Kier alpha value is -3.00. The van der Waals surface area contributed by atoms with E-state index in [0.29, 0.717) is 10.9 Å². The predicted molar refractivity (Wildman–Crippen MR) is 131 cm³/mol. The van der Waals surface area contributed by atoms with Crippen molar-refractivity contribution in [3.63, 3.8) is 0 Å². The molecule has 3 aromatic carbocycles. The van der Waals surface area contributed by atoms with E-state index >= 15 is 0 Å². The zero-order valence-corrected chi connectivity index (χ0v) is 19.5. The minimum atomic E-state index is -3.72.